The highest BCUT2D eigenvalue weighted by atomic mass is 19.4. The van der Waals surface area contributed by atoms with Crippen molar-refractivity contribution in [2.45, 2.75) is 65.7 Å². The van der Waals surface area contributed by atoms with Crippen LogP contribution in [-0.2, 0) is 0 Å². The van der Waals surface area contributed by atoms with E-state index in [0.29, 0.717) is 5.92 Å². The number of rotatable bonds is 9. The van der Waals surface area contributed by atoms with Crippen molar-refractivity contribution >= 4 is 0 Å². The van der Waals surface area contributed by atoms with Gasteiger partial charge in [-0.05, 0) is 52.6 Å². The number of nitrogens with zero attached hydrogens (tertiary/aromatic N) is 1. The smallest absolute Gasteiger partial charge is 0.316 e. The van der Waals surface area contributed by atoms with Crippen LogP contribution in [0.2, 0.25) is 0 Å². The van der Waals surface area contributed by atoms with Gasteiger partial charge in [0.1, 0.15) is 0 Å². The molecule has 0 saturated heterocycles. The van der Waals surface area contributed by atoms with Gasteiger partial charge in [0, 0.05) is 12.1 Å². The van der Waals surface area contributed by atoms with E-state index in [4.69, 9.17) is 0 Å². The fourth-order valence-corrected chi connectivity index (χ4v) is 2.13. The topological polar surface area (TPSA) is 15.3 Å². The summed E-state index contributed by atoms with van der Waals surface area (Å²) in [5.41, 5.74) is 0. The number of alkyl halides is 3. The van der Waals surface area contributed by atoms with E-state index >= 15 is 0 Å². The summed E-state index contributed by atoms with van der Waals surface area (Å²) in [6.45, 7) is 10.8. The zero-order valence-corrected chi connectivity index (χ0v) is 12.8. The van der Waals surface area contributed by atoms with Crippen LogP contribution >= 0.6 is 0 Å². The molecule has 0 saturated carbocycles. The lowest BCUT2D eigenvalue weighted by Gasteiger charge is -2.33. The summed E-state index contributed by atoms with van der Waals surface area (Å²) in [5.74, 6) is 0.606. The number of hydrogen-bond donors (Lipinski definition) is 1. The molecule has 1 unspecified atom stereocenters. The lowest BCUT2D eigenvalue weighted by atomic mass is 10.1. The zero-order chi connectivity index (χ0) is 15.1. The standard InChI is InChI=1S/C14H29F3N2/c1-11(2)9-18-8-6-7-13(5)19(12(3)4)10-14(15,16)17/h11-13,18H,6-10H2,1-5H3. The van der Waals surface area contributed by atoms with Gasteiger partial charge in [-0.25, -0.2) is 0 Å². The summed E-state index contributed by atoms with van der Waals surface area (Å²) in [6.07, 6.45) is -2.41. The van der Waals surface area contributed by atoms with Gasteiger partial charge < -0.3 is 5.32 Å². The van der Waals surface area contributed by atoms with E-state index in [1.165, 1.54) is 4.90 Å². The van der Waals surface area contributed by atoms with E-state index in [0.717, 1.165) is 25.9 Å². The summed E-state index contributed by atoms with van der Waals surface area (Å²) in [5, 5.41) is 3.32. The van der Waals surface area contributed by atoms with Crippen LogP contribution in [0.1, 0.15) is 47.5 Å². The molecule has 0 heterocycles. The van der Waals surface area contributed by atoms with Gasteiger partial charge >= 0.3 is 6.18 Å². The highest BCUT2D eigenvalue weighted by molar-refractivity contribution is 4.74. The maximum atomic E-state index is 12.5. The Morgan fingerprint density at radius 2 is 1.63 bits per heavy atom. The maximum absolute atomic E-state index is 12.5. The maximum Gasteiger partial charge on any atom is 0.401 e. The molecule has 1 N–H and O–H groups in total. The van der Waals surface area contributed by atoms with Gasteiger partial charge in [0.05, 0.1) is 6.54 Å². The molecule has 0 bridgehead atoms. The molecule has 1 atom stereocenters. The first kappa shape index (κ1) is 18.7. The number of nitrogens with one attached hydrogen (secondary N) is 1. The minimum Gasteiger partial charge on any atom is -0.316 e. The predicted molar refractivity (Wildman–Crippen MR) is 74.3 cm³/mol. The Bertz CT molecular complexity index is 227. The third-order valence-electron chi connectivity index (χ3n) is 3.12. The van der Waals surface area contributed by atoms with Crippen molar-refractivity contribution in [1.82, 2.24) is 10.2 Å². The van der Waals surface area contributed by atoms with Crippen LogP contribution in [0, 0.1) is 5.92 Å². The third-order valence-corrected chi connectivity index (χ3v) is 3.12. The molecule has 0 spiro atoms. The Hall–Kier alpha value is -0.290. The zero-order valence-electron chi connectivity index (χ0n) is 12.8. The van der Waals surface area contributed by atoms with E-state index < -0.39 is 12.7 Å². The van der Waals surface area contributed by atoms with Crippen LogP contribution < -0.4 is 5.32 Å². The van der Waals surface area contributed by atoms with Crippen molar-refractivity contribution in [3.8, 4) is 0 Å². The Labute approximate surface area is 115 Å². The Kier molecular flexibility index (Phi) is 8.66. The lowest BCUT2D eigenvalue weighted by molar-refractivity contribution is -0.154. The minimum absolute atomic E-state index is 0.0394. The Balaban J connectivity index is 4.02. The van der Waals surface area contributed by atoms with Gasteiger partial charge in [0.15, 0.2) is 0 Å². The fraction of sp³-hybridized carbons (Fsp3) is 1.00. The lowest BCUT2D eigenvalue weighted by Crippen LogP contribution is -2.44. The predicted octanol–water partition coefficient (Wildman–Crippen LogP) is 3.67. The molecule has 0 aromatic carbocycles. The molecule has 0 radical (unpaired) electrons. The van der Waals surface area contributed by atoms with E-state index in [9.17, 15) is 13.2 Å². The molecule has 0 aromatic heterocycles. The highest BCUT2D eigenvalue weighted by Gasteiger charge is 2.33. The monoisotopic (exact) mass is 282 g/mol. The second kappa shape index (κ2) is 8.80. The number of hydrogen-bond acceptors (Lipinski definition) is 2. The van der Waals surface area contributed by atoms with Crippen molar-refractivity contribution in [3.63, 3.8) is 0 Å². The fourth-order valence-electron chi connectivity index (χ4n) is 2.13. The average molecular weight is 282 g/mol. The van der Waals surface area contributed by atoms with Gasteiger partial charge in [-0.3, -0.25) is 4.90 Å². The normalized spacial score (nSPS) is 14.7. The molecule has 116 valence electrons. The number of halogens is 3. The molecule has 0 aliphatic carbocycles. The molecule has 0 fully saturated rings. The molecule has 0 amide bonds. The second-order valence-electron chi connectivity index (χ2n) is 5.97. The molecule has 0 rings (SSSR count). The van der Waals surface area contributed by atoms with Gasteiger partial charge in [-0.2, -0.15) is 13.2 Å². The highest BCUT2D eigenvalue weighted by Crippen LogP contribution is 2.21. The molecule has 0 aromatic rings. The van der Waals surface area contributed by atoms with Crippen LogP contribution in [0.3, 0.4) is 0 Å². The summed E-state index contributed by atoms with van der Waals surface area (Å²) >= 11 is 0. The van der Waals surface area contributed by atoms with E-state index in [1.807, 2.05) is 20.8 Å². The van der Waals surface area contributed by atoms with Crippen molar-refractivity contribution in [2.24, 2.45) is 5.92 Å². The van der Waals surface area contributed by atoms with Crippen molar-refractivity contribution in [2.75, 3.05) is 19.6 Å². The van der Waals surface area contributed by atoms with E-state index in [-0.39, 0.29) is 12.1 Å². The molecule has 19 heavy (non-hydrogen) atoms. The van der Waals surface area contributed by atoms with E-state index in [1.54, 1.807) is 0 Å². The van der Waals surface area contributed by atoms with Crippen LogP contribution in [0.25, 0.3) is 0 Å². The average Bonchev–Trinajstić information content (AvgIpc) is 2.23. The summed E-state index contributed by atoms with van der Waals surface area (Å²) in [6, 6.07) is -0.122. The molecule has 0 aliphatic heterocycles. The summed E-state index contributed by atoms with van der Waals surface area (Å²) in [4.78, 5) is 1.53. The quantitative estimate of drug-likeness (QED) is 0.649. The first-order valence-corrected chi connectivity index (χ1v) is 7.16. The second-order valence-corrected chi connectivity index (χ2v) is 5.97. The van der Waals surface area contributed by atoms with Crippen LogP contribution in [0.5, 0.6) is 0 Å². The van der Waals surface area contributed by atoms with Gasteiger partial charge in [-0.1, -0.05) is 13.8 Å². The largest absolute Gasteiger partial charge is 0.401 e. The molecular weight excluding hydrogens is 253 g/mol. The van der Waals surface area contributed by atoms with E-state index in [2.05, 4.69) is 19.2 Å². The van der Waals surface area contributed by atoms with Crippen molar-refractivity contribution in [3.05, 3.63) is 0 Å². The minimum atomic E-state index is -4.12. The van der Waals surface area contributed by atoms with Gasteiger partial charge in [0.2, 0.25) is 0 Å². The first-order chi connectivity index (χ1) is 8.63. The van der Waals surface area contributed by atoms with Crippen LogP contribution in [0.4, 0.5) is 13.2 Å². The van der Waals surface area contributed by atoms with Crippen molar-refractivity contribution < 1.29 is 13.2 Å². The summed E-state index contributed by atoms with van der Waals surface area (Å²) in [7, 11) is 0. The van der Waals surface area contributed by atoms with Crippen LogP contribution in [0.15, 0.2) is 0 Å². The van der Waals surface area contributed by atoms with Crippen molar-refractivity contribution in [1.29, 1.82) is 0 Å². The molecule has 5 heteroatoms. The van der Waals surface area contributed by atoms with Gasteiger partial charge in [-0.15, -0.1) is 0 Å². The Morgan fingerprint density at radius 1 is 1.05 bits per heavy atom. The molecule has 0 aliphatic rings. The van der Waals surface area contributed by atoms with Gasteiger partial charge in [0.25, 0.3) is 0 Å². The molecule has 2 nitrogen and oxygen atoms in total. The summed E-state index contributed by atoms with van der Waals surface area (Å²) < 4.78 is 37.5. The molecular formula is C14H29F3N2. The van der Waals surface area contributed by atoms with Crippen LogP contribution in [-0.4, -0.2) is 42.8 Å². The Morgan fingerprint density at radius 3 is 2.05 bits per heavy atom. The third kappa shape index (κ3) is 10.2. The first-order valence-electron chi connectivity index (χ1n) is 7.16. The SMILES string of the molecule is CC(C)CNCCCC(C)N(CC(F)(F)F)C(C)C.